The maximum atomic E-state index is 14.3. The molecule has 0 aliphatic heterocycles. The molecular weight excluding hydrogens is 315 g/mol. The summed E-state index contributed by atoms with van der Waals surface area (Å²) < 4.78 is 15.7. The van der Waals surface area contributed by atoms with Gasteiger partial charge in [-0.2, -0.15) is 5.10 Å². The van der Waals surface area contributed by atoms with Crippen molar-refractivity contribution in [1.82, 2.24) is 9.78 Å². The molecule has 1 aromatic heterocycles. The molecule has 6 heteroatoms. The van der Waals surface area contributed by atoms with Gasteiger partial charge in [-0.1, -0.05) is 0 Å². The quantitative estimate of drug-likeness (QED) is 0.920. The average molecular weight is 327 g/mol. The van der Waals surface area contributed by atoms with E-state index in [0.29, 0.717) is 0 Å². The molecule has 0 radical (unpaired) electrons. The lowest BCUT2D eigenvalue weighted by Crippen LogP contribution is -2.06. The van der Waals surface area contributed by atoms with Crippen LogP contribution in [0.5, 0.6) is 0 Å². The molecule has 100 valence electrons. The summed E-state index contributed by atoms with van der Waals surface area (Å²) >= 11 is 2.98. The minimum Gasteiger partial charge on any atom is -0.478 e. The molecule has 0 atom stereocenters. The van der Waals surface area contributed by atoms with E-state index in [1.165, 1.54) is 16.8 Å². The zero-order valence-electron chi connectivity index (χ0n) is 10.7. The highest BCUT2D eigenvalue weighted by Gasteiger charge is 2.19. The monoisotopic (exact) mass is 326 g/mol. The molecule has 1 heterocycles. The van der Waals surface area contributed by atoms with Crippen molar-refractivity contribution in [3.63, 3.8) is 0 Å². The molecule has 1 aromatic carbocycles. The summed E-state index contributed by atoms with van der Waals surface area (Å²) in [5.41, 5.74) is 2.74. The number of rotatable bonds is 2. The minimum atomic E-state index is -1.18. The third-order valence-electron chi connectivity index (χ3n) is 3.17. The smallest absolute Gasteiger partial charge is 0.336 e. The van der Waals surface area contributed by atoms with Gasteiger partial charge in [0.2, 0.25) is 0 Å². The van der Waals surface area contributed by atoms with Gasteiger partial charge in [0.1, 0.15) is 5.69 Å². The van der Waals surface area contributed by atoms with Crippen molar-refractivity contribution in [1.29, 1.82) is 0 Å². The predicted molar refractivity (Wildman–Crippen MR) is 72.4 cm³/mol. The maximum absolute atomic E-state index is 14.3. The van der Waals surface area contributed by atoms with E-state index in [1.54, 1.807) is 0 Å². The number of carboxylic acid groups (broad SMARTS) is 1. The van der Waals surface area contributed by atoms with Gasteiger partial charge in [-0.3, -0.25) is 0 Å². The summed E-state index contributed by atoms with van der Waals surface area (Å²) in [4.78, 5) is 10.9. The minimum absolute atomic E-state index is 0.0669. The Labute approximate surface area is 118 Å². The second-order valence-corrected chi connectivity index (χ2v) is 5.07. The Bertz CT molecular complexity index is 680. The van der Waals surface area contributed by atoms with Crippen LogP contribution in [0.1, 0.15) is 27.3 Å². The lowest BCUT2D eigenvalue weighted by atomic mass is 10.2. The number of carboxylic acids is 1. The summed E-state index contributed by atoms with van der Waals surface area (Å²) in [6, 6.07) is 2.78. The Hall–Kier alpha value is -1.69. The number of benzene rings is 1. The molecule has 2 rings (SSSR count). The van der Waals surface area contributed by atoms with Gasteiger partial charge in [0, 0.05) is 5.69 Å². The van der Waals surface area contributed by atoms with Crippen LogP contribution in [-0.2, 0) is 0 Å². The molecule has 0 fully saturated rings. The molecular formula is C13H12BrFN2O2. The number of halogens is 2. The predicted octanol–water partition coefficient (Wildman–Crippen LogP) is 3.40. The molecule has 0 saturated heterocycles. The lowest BCUT2D eigenvalue weighted by Gasteiger charge is -2.09. The van der Waals surface area contributed by atoms with Crippen molar-refractivity contribution in [3.05, 3.63) is 44.9 Å². The topological polar surface area (TPSA) is 55.1 Å². The lowest BCUT2D eigenvalue weighted by molar-refractivity contribution is 0.0695. The Morgan fingerprint density at radius 1 is 1.37 bits per heavy atom. The Kier molecular flexibility index (Phi) is 3.45. The van der Waals surface area contributed by atoms with E-state index in [-0.39, 0.29) is 15.7 Å². The highest BCUT2D eigenvalue weighted by Crippen LogP contribution is 2.27. The molecule has 19 heavy (non-hydrogen) atoms. The molecule has 4 nitrogen and oxygen atoms in total. The van der Waals surface area contributed by atoms with Crippen LogP contribution in [0.25, 0.3) is 5.69 Å². The average Bonchev–Trinajstić information content (AvgIpc) is 2.60. The van der Waals surface area contributed by atoms with E-state index in [1.807, 2.05) is 20.8 Å². The van der Waals surface area contributed by atoms with Gasteiger partial charge < -0.3 is 5.11 Å². The Morgan fingerprint density at radius 3 is 2.47 bits per heavy atom. The van der Waals surface area contributed by atoms with Gasteiger partial charge >= 0.3 is 5.97 Å². The first-order chi connectivity index (χ1) is 8.84. The normalized spacial score (nSPS) is 10.8. The maximum Gasteiger partial charge on any atom is 0.336 e. The van der Waals surface area contributed by atoms with Crippen LogP contribution in [0.2, 0.25) is 0 Å². The van der Waals surface area contributed by atoms with Crippen LogP contribution in [0.15, 0.2) is 16.6 Å². The molecule has 2 aromatic rings. The third kappa shape index (κ3) is 2.16. The van der Waals surface area contributed by atoms with Crippen molar-refractivity contribution < 1.29 is 14.3 Å². The van der Waals surface area contributed by atoms with E-state index in [2.05, 4.69) is 21.0 Å². The van der Waals surface area contributed by atoms with Crippen LogP contribution in [0.4, 0.5) is 4.39 Å². The van der Waals surface area contributed by atoms with Crippen molar-refractivity contribution in [2.24, 2.45) is 0 Å². The summed E-state index contributed by atoms with van der Waals surface area (Å²) in [6.07, 6.45) is 0. The zero-order chi connectivity index (χ0) is 14.3. The van der Waals surface area contributed by atoms with E-state index >= 15 is 0 Å². The van der Waals surface area contributed by atoms with Gasteiger partial charge in [0.25, 0.3) is 0 Å². The highest BCUT2D eigenvalue weighted by molar-refractivity contribution is 9.10. The standard InChI is InChI=1S/C13H12BrFN2O2/c1-6-7(2)16-17(8(6)3)10-5-4-9(13(18)19)11(14)12(10)15/h4-5H,1-3H3,(H,18,19). The third-order valence-corrected chi connectivity index (χ3v) is 3.95. The van der Waals surface area contributed by atoms with Crippen molar-refractivity contribution in [3.8, 4) is 5.69 Å². The first-order valence-electron chi connectivity index (χ1n) is 5.59. The SMILES string of the molecule is Cc1nn(-c2ccc(C(=O)O)c(Br)c2F)c(C)c1C. The first kappa shape index (κ1) is 13.7. The molecule has 0 aliphatic rings. The van der Waals surface area contributed by atoms with E-state index < -0.39 is 11.8 Å². The molecule has 0 unspecified atom stereocenters. The number of hydrogen-bond donors (Lipinski definition) is 1. The second kappa shape index (κ2) is 4.77. The number of carbonyl (C=O) groups is 1. The van der Waals surface area contributed by atoms with Gasteiger partial charge in [-0.25, -0.2) is 13.9 Å². The molecule has 0 bridgehead atoms. The van der Waals surface area contributed by atoms with E-state index in [9.17, 15) is 9.18 Å². The van der Waals surface area contributed by atoms with E-state index in [0.717, 1.165) is 17.0 Å². The molecule has 0 amide bonds. The number of aromatic carboxylic acids is 1. The largest absolute Gasteiger partial charge is 0.478 e. The zero-order valence-corrected chi connectivity index (χ0v) is 12.2. The molecule has 0 spiro atoms. The number of aryl methyl sites for hydroxylation is 1. The van der Waals surface area contributed by atoms with Crippen molar-refractivity contribution in [2.45, 2.75) is 20.8 Å². The first-order valence-corrected chi connectivity index (χ1v) is 6.38. The summed E-state index contributed by atoms with van der Waals surface area (Å²) in [7, 11) is 0. The Morgan fingerprint density at radius 2 is 2.00 bits per heavy atom. The van der Waals surface area contributed by atoms with Gasteiger partial charge in [0.15, 0.2) is 5.82 Å². The van der Waals surface area contributed by atoms with Gasteiger partial charge in [0.05, 0.1) is 15.7 Å². The summed E-state index contributed by atoms with van der Waals surface area (Å²) in [6.45, 7) is 5.60. The van der Waals surface area contributed by atoms with E-state index in [4.69, 9.17) is 5.11 Å². The number of aromatic nitrogens is 2. The number of nitrogens with zero attached hydrogens (tertiary/aromatic N) is 2. The van der Waals surface area contributed by atoms with Crippen molar-refractivity contribution >= 4 is 21.9 Å². The second-order valence-electron chi connectivity index (χ2n) is 4.27. The number of hydrogen-bond acceptors (Lipinski definition) is 2. The van der Waals surface area contributed by atoms with Crippen LogP contribution < -0.4 is 0 Å². The summed E-state index contributed by atoms with van der Waals surface area (Å²) in [5, 5.41) is 13.2. The van der Waals surface area contributed by atoms with Crippen LogP contribution >= 0.6 is 15.9 Å². The fourth-order valence-electron chi connectivity index (χ4n) is 1.82. The van der Waals surface area contributed by atoms with Crippen molar-refractivity contribution in [2.75, 3.05) is 0 Å². The molecule has 0 aliphatic carbocycles. The molecule has 0 saturated carbocycles. The van der Waals surface area contributed by atoms with Gasteiger partial charge in [-0.05, 0) is 54.4 Å². The van der Waals surface area contributed by atoms with Crippen LogP contribution in [0.3, 0.4) is 0 Å². The van der Waals surface area contributed by atoms with Crippen LogP contribution in [0, 0.1) is 26.6 Å². The van der Waals surface area contributed by atoms with Gasteiger partial charge in [-0.15, -0.1) is 0 Å². The Balaban J connectivity index is 2.67. The fourth-order valence-corrected chi connectivity index (χ4v) is 2.33. The molecule has 1 N–H and O–H groups in total. The highest BCUT2D eigenvalue weighted by atomic mass is 79.9. The van der Waals surface area contributed by atoms with Crippen LogP contribution in [-0.4, -0.2) is 20.9 Å². The summed E-state index contributed by atoms with van der Waals surface area (Å²) in [5.74, 6) is -1.81. The fraction of sp³-hybridized carbons (Fsp3) is 0.231.